The van der Waals surface area contributed by atoms with Gasteiger partial charge in [-0.1, -0.05) is 121 Å². The van der Waals surface area contributed by atoms with Crippen molar-refractivity contribution in [1.82, 2.24) is 0 Å². The predicted molar refractivity (Wildman–Crippen MR) is 209 cm³/mol. The molecule has 0 saturated carbocycles. The monoisotopic (exact) mass is 636 g/mol. The number of fused-ring (bicyclic) bond motifs is 3. The van der Waals surface area contributed by atoms with E-state index >= 15 is 0 Å². The van der Waals surface area contributed by atoms with Crippen LogP contribution in [0.2, 0.25) is 0 Å². The second-order valence-electron chi connectivity index (χ2n) is 13.2. The number of phenolic OH excluding ortho intramolecular Hbond substituents is 1. The maximum Gasteiger partial charge on any atom is 0.127 e. The van der Waals surface area contributed by atoms with Crippen LogP contribution in [0.5, 0.6) is 5.75 Å². The first-order chi connectivity index (χ1) is 22.5. The van der Waals surface area contributed by atoms with Crippen LogP contribution in [0.15, 0.2) is 121 Å². The van der Waals surface area contributed by atoms with Crippen LogP contribution in [-0.2, 0) is 0 Å². The minimum Gasteiger partial charge on any atom is -0.507 e. The van der Waals surface area contributed by atoms with E-state index in [2.05, 4.69) is 132 Å². The van der Waals surface area contributed by atoms with Crippen molar-refractivity contribution in [2.45, 2.75) is 67.7 Å². The van der Waals surface area contributed by atoms with E-state index in [0.717, 1.165) is 34.2 Å². The quantitative estimate of drug-likeness (QED) is 0.209. The predicted octanol–water partition coefficient (Wildman–Crippen LogP) is 13.5. The third-order valence-corrected chi connectivity index (χ3v) is 10.8. The van der Waals surface area contributed by atoms with Crippen molar-refractivity contribution in [3.8, 4) is 16.9 Å². The number of thiophene rings is 1. The van der Waals surface area contributed by atoms with E-state index in [1.807, 2.05) is 43.4 Å². The lowest BCUT2D eigenvalue weighted by Crippen LogP contribution is -2.17. The molecule has 2 aliphatic rings. The molecule has 240 valence electrons. The summed E-state index contributed by atoms with van der Waals surface area (Å²) in [7, 11) is 0. The summed E-state index contributed by atoms with van der Waals surface area (Å²) in [4.78, 5) is 0. The summed E-state index contributed by atoms with van der Waals surface area (Å²) >= 11 is 1.87. The van der Waals surface area contributed by atoms with Gasteiger partial charge in [0, 0.05) is 31.2 Å². The molecule has 0 radical (unpaired) electrons. The number of rotatable bonds is 3. The fraction of sp³-hybridized carbons (Fsp3) is 0.244. The maximum atomic E-state index is 10.5. The fourth-order valence-corrected chi connectivity index (χ4v) is 7.43. The summed E-state index contributed by atoms with van der Waals surface area (Å²) in [6, 6.07) is 23.5. The van der Waals surface area contributed by atoms with Crippen molar-refractivity contribution in [2.75, 3.05) is 0 Å². The van der Waals surface area contributed by atoms with Crippen molar-refractivity contribution >= 4 is 37.6 Å². The fourth-order valence-electron chi connectivity index (χ4n) is 6.35. The van der Waals surface area contributed by atoms with Gasteiger partial charge in [-0.2, -0.15) is 0 Å². The van der Waals surface area contributed by atoms with E-state index in [4.69, 9.17) is 0 Å². The molecule has 1 N–H and O–H groups in total. The number of aryl methyl sites for hydroxylation is 2. The highest BCUT2D eigenvalue weighted by atomic mass is 32.1. The van der Waals surface area contributed by atoms with Crippen LogP contribution in [0.25, 0.3) is 37.4 Å². The minimum atomic E-state index is 0.246. The van der Waals surface area contributed by atoms with Crippen LogP contribution in [0.4, 0.5) is 0 Å². The number of hydrogen-bond acceptors (Lipinski definition) is 2. The van der Waals surface area contributed by atoms with Crippen LogP contribution in [-0.4, -0.2) is 5.11 Å². The van der Waals surface area contributed by atoms with E-state index in [9.17, 15) is 5.11 Å². The van der Waals surface area contributed by atoms with Crippen LogP contribution in [0, 0.1) is 40.0 Å². The summed E-state index contributed by atoms with van der Waals surface area (Å²) in [5, 5.41) is 13.3. The average Bonchev–Trinajstić information content (AvgIpc) is 3.46. The largest absolute Gasteiger partial charge is 0.507 e. The Hall–Kier alpha value is -4.40. The molecule has 0 amide bonds. The van der Waals surface area contributed by atoms with Crippen LogP contribution in [0.3, 0.4) is 0 Å². The molecule has 0 saturated heterocycles. The lowest BCUT2D eigenvalue weighted by molar-refractivity contribution is 0.472. The lowest BCUT2D eigenvalue weighted by Gasteiger charge is -2.30. The van der Waals surface area contributed by atoms with Gasteiger partial charge in [-0.25, -0.2) is 0 Å². The third-order valence-electron chi connectivity index (χ3n) is 9.68. The molecule has 0 bridgehead atoms. The molecular weight excluding hydrogens is 589 g/mol. The molecule has 1 atom stereocenters. The van der Waals surface area contributed by atoms with Crippen molar-refractivity contribution < 1.29 is 5.11 Å². The normalized spacial score (nSPS) is 16.9. The summed E-state index contributed by atoms with van der Waals surface area (Å²) in [5.74, 6) is 0.363. The third kappa shape index (κ3) is 7.45. The van der Waals surface area contributed by atoms with Gasteiger partial charge in [0.05, 0.1) is 0 Å². The van der Waals surface area contributed by atoms with Crippen molar-refractivity contribution in [3.05, 3.63) is 154 Å². The highest BCUT2D eigenvalue weighted by molar-refractivity contribution is 7.25. The van der Waals surface area contributed by atoms with Crippen molar-refractivity contribution in [1.29, 1.82) is 0 Å². The first kappa shape index (κ1) is 33.9. The zero-order valence-corrected chi connectivity index (χ0v) is 29.9. The smallest absolute Gasteiger partial charge is 0.127 e. The number of hydrogen-bond donors (Lipinski definition) is 1. The topological polar surface area (TPSA) is 20.2 Å². The van der Waals surface area contributed by atoms with Gasteiger partial charge in [0.25, 0.3) is 0 Å². The second kappa shape index (κ2) is 14.6. The standard InChI is InChI=1S/C18H20O.C14H18.C13H10S/c1-6-16-13(4)12(3)14(5)18(19)17(16)15-9-7-11(2)8-10-15;1-12-8-10-14(2,11-9-12)13-6-4-3-5-7-13;1-9-6-7-13-11(8-9)10-4-2-3-5-12(10)14-13/h6-10,19H,1H2,2-5H3;4,6-10H,3,5,11H2,1-2H3;2-8H,1H3. The maximum absolute atomic E-state index is 10.5. The molecular formula is C45H48OS. The lowest BCUT2D eigenvalue weighted by atomic mass is 9.74. The van der Waals surface area contributed by atoms with E-state index in [1.54, 1.807) is 0 Å². The molecule has 7 rings (SSSR count). The number of phenols is 1. The van der Waals surface area contributed by atoms with Gasteiger partial charge in [0.15, 0.2) is 0 Å². The van der Waals surface area contributed by atoms with Gasteiger partial charge in [0.1, 0.15) is 5.75 Å². The van der Waals surface area contributed by atoms with Crippen LogP contribution in [0.1, 0.15) is 66.5 Å². The Morgan fingerprint density at radius 1 is 0.745 bits per heavy atom. The van der Waals surface area contributed by atoms with E-state index in [0.29, 0.717) is 5.75 Å². The molecule has 1 heterocycles. The van der Waals surface area contributed by atoms with Gasteiger partial charge < -0.3 is 5.11 Å². The van der Waals surface area contributed by atoms with E-state index in [-0.39, 0.29) is 5.41 Å². The van der Waals surface area contributed by atoms with E-state index < -0.39 is 0 Å². The highest BCUT2D eigenvalue weighted by Gasteiger charge is 2.25. The van der Waals surface area contributed by atoms with Gasteiger partial charge in [-0.15, -0.1) is 11.3 Å². The molecule has 2 aliphatic carbocycles. The molecule has 0 aliphatic heterocycles. The first-order valence-electron chi connectivity index (χ1n) is 16.7. The Bertz CT molecular complexity index is 2040. The molecule has 1 unspecified atom stereocenters. The highest BCUT2D eigenvalue weighted by Crippen LogP contribution is 2.41. The van der Waals surface area contributed by atoms with Gasteiger partial charge in [-0.05, 0) is 112 Å². The minimum absolute atomic E-state index is 0.246. The Labute approximate surface area is 286 Å². The molecule has 0 spiro atoms. The number of aromatic hydroxyl groups is 1. The Kier molecular flexibility index (Phi) is 10.5. The SMILES string of the molecule is C=Cc1c(C)c(C)c(C)c(O)c1-c1ccc(C)cc1.CC1=CCC(C)(C2=CCCC=C2)C=C1.Cc1ccc2sc3ccccc3c2c1. The molecule has 1 aromatic heterocycles. The Morgan fingerprint density at radius 2 is 1.45 bits per heavy atom. The van der Waals surface area contributed by atoms with Gasteiger partial charge in [0.2, 0.25) is 0 Å². The molecule has 0 fully saturated rings. The summed E-state index contributed by atoms with van der Waals surface area (Å²) in [6.07, 6.45) is 19.3. The Balaban J connectivity index is 0.000000141. The first-order valence-corrected chi connectivity index (χ1v) is 17.5. The molecule has 2 heteroatoms. The van der Waals surface area contributed by atoms with E-state index in [1.165, 1.54) is 60.9 Å². The second-order valence-corrected chi connectivity index (χ2v) is 14.3. The Morgan fingerprint density at radius 3 is 2.11 bits per heavy atom. The van der Waals surface area contributed by atoms with Crippen LogP contribution < -0.4 is 0 Å². The van der Waals surface area contributed by atoms with Crippen LogP contribution >= 0.6 is 11.3 Å². The molecule has 5 aromatic rings. The molecule has 47 heavy (non-hydrogen) atoms. The summed E-state index contributed by atoms with van der Waals surface area (Å²) in [6.45, 7) is 18.7. The molecule has 1 nitrogen and oxygen atoms in total. The number of allylic oxidation sites excluding steroid dienone is 8. The number of benzene rings is 4. The zero-order chi connectivity index (χ0) is 33.7. The van der Waals surface area contributed by atoms with Crippen molar-refractivity contribution in [3.63, 3.8) is 0 Å². The molecule has 4 aromatic carbocycles. The average molecular weight is 637 g/mol. The summed E-state index contributed by atoms with van der Waals surface area (Å²) in [5.41, 5.74) is 11.9. The zero-order valence-electron chi connectivity index (χ0n) is 29.1. The summed E-state index contributed by atoms with van der Waals surface area (Å²) < 4.78 is 2.77. The van der Waals surface area contributed by atoms with Gasteiger partial charge in [-0.3, -0.25) is 0 Å². The van der Waals surface area contributed by atoms with Crippen molar-refractivity contribution in [2.24, 2.45) is 5.41 Å². The van der Waals surface area contributed by atoms with Gasteiger partial charge >= 0.3 is 0 Å².